The molecule has 1 aliphatic rings. The predicted octanol–water partition coefficient (Wildman–Crippen LogP) is 1.29. The summed E-state index contributed by atoms with van der Waals surface area (Å²) in [6.07, 6.45) is 5.70. The summed E-state index contributed by atoms with van der Waals surface area (Å²) in [5.74, 6) is -0.430. The number of carbonyl (C=O) groups excluding carboxylic acids is 1. The summed E-state index contributed by atoms with van der Waals surface area (Å²) in [6.45, 7) is 2.17. The quantitative estimate of drug-likeness (QED) is 0.643. The van der Waals surface area contributed by atoms with Crippen LogP contribution in [0.1, 0.15) is 23.5 Å². The van der Waals surface area contributed by atoms with Crippen molar-refractivity contribution in [3.63, 3.8) is 0 Å². The van der Waals surface area contributed by atoms with Gasteiger partial charge in [0.2, 0.25) is 5.82 Å². The number of hydrogen-bond donors (Lipinski definition) is 3. The summed E-state index contributed by atoms with van der Waals surface area (Å²) in [6, 6.07) is 7.76. The minimum atomic E-state index is -0.590. The Morgan fingerprint density at radius 1 is 1.35 bits per heavy atom. The molecule has 7 nitrogen and oxygen atoms in total. The van der Waals surface area contributed by atoms with Gasteiger partial charge >= 0.3 is 0 Å². The smallest absolute Gasteiger partial charge is 0.285 e. The molecule has 1 amide bonds. The number of rotatable bonds is 4. The summed E-state index contributed by atoms with van der Waals surface area (Å²) < 4.78 is 1.65. The molecule has 1 fully saturated rings. The van der Waals surface area contributed by atoms with E-state index < -0.39 is 5.91 Å². The van der Waals surface area contributed by atoms with Crippen LogP contribution in [-0.4, -0.2) is 39.4 Å². The Bertz CT molecular complexity index is 946. The molecule has 8 heteroatoms. The van der Waals surface area contributed by atoms with Gasteiger partial charge in [-0.2, -0.15) is 0 Å². The molecular weight excluding hydrogens is 352 g/mol. The first-order valence-electron chi connectivity index (χ1n) is 8.64. The van der Waals surface area contributed by atoms with Crippen LogP contribution in [0.15, 0.2) is 36.7 Å². The average molecular weight is 372 g/mol. The molecule has 4 rings (SSSR count). The van der Waals surface area contributed by atoms with Crippen LogP contribution in [0.2, 0.25) is 5.02 Å². The van der Waals surface area contributed by atoms with Crippen LogP contribution >= 0.6 is 11.6 Å². The number of aromatic nitrogens is 3. The fourth-order valence-electron chi connectivity index (χ4n) is 3.32. The van der Waals surface area contributed by atoms with E-state index in [9.17, 15) is 4.79 Å². The van der Waals surface area contributed by atoms with Crippen molar-refractivity contribution in [1.29, 1.82) is 0 Å². The molecule has 3 aromatic rings. The zero-order valence-corrected chi connectivity index (χ0v) is 14.9. The Kier molecular flexibility index (Phi) is 4.48. The van der Waals surface area contributed by atoms with Crippen LogP contribution in [0.5, 0.6) is 0 Å². The van der Waals surface area contributed by atoms with Gasteiger partial charge in [0.25, 0.3) is 5.91 Å². The summed E-state index contributed by atoms with van der Waals surface area (Å²) in [5, 5.41) is 6.47. The van der Waals surface area contributed by atoms with E-state index in [2.05, 4.69) is 15.6 Å². The standard InChI is InChI=1S/C18H19ClN6O/c19-12-5-3-11(4-6-12)15-10-25-17(24-15)14(9-22-18(25)16(20)26)23-13-2-1-7-21-8-13/h3-6,9-10,13,21,23H,1-2,7-8H2,(H2,20,26)/p+1/t13-/m0/s1. The monoisotopic (exact) mass is 371 g/mol. The first-order chi connectivity index (χ1) is 12.6. The number of nitrogens with zero attached hydrogens (tertiary/aromatic N) is 3. The van der Waals surface area contributed by atoms with Crippen LogP contribution in [0.25, 0.3) is 16.9 Å². The van der Waals surface area contributed by atoms with Gasteiger partial charge in [-0.3, -0.25) is 9.20 Å². The number of amides is 1. The molecule has 2 aromatic heterocycles. The molecule has 26 heavy (non-hydrogen) atoms. The summed E-state index contributed by atoms with van der Waals surface area (Å²) in [4.78, 5) is 20.7. The molecule has 1 saturated heterocycles. The molecule has 1 aliphatic heterocycles. The topological polar surface area (TPSA) is 102 Å². The van der Waals surface area contributed by atoms with Gasteiger partial charge in [0, 0.05) is 16.8 Å². The largest absolute Gasteiger partial charge is 0.372 e. The minimum Gasteiger partial charge on any atom is -0.372 e. The Morgan fingerprint density at radius 2 is 2.15 bits per heavy atom. The van der Waals surface area contributed by atoms with Crippen molar-refractivity contribution in [2.75, 3.05) is 18.4 Å². The van der Waals surface area contributed by atoms with Crippen molar-refractivity contribution < 1.29 is 10.1 Å². The first kappa shape index (κ1) is 16.8. The number of nitrogens with two attached hydrogens (primary N) is 2. The van der Waals surface area contributed by atoms with Gasteiger partial charge in [-0.05, 0) is 25.0 Å². The third kappa shape index (κ3) is 3.23. The highest BCUT2D eigenvalue weighted by molar-refractivity contribution is 6.30. The summed E-state index contributed by atoms with van der Waals surface area (Å²) >= 11 is 5.97. The van der Waals surface area contributed by atoms with E-state index in [0.29, 0.717) is 16.7 Å². The lowest BCUT2D eigenvalue weighted by Crippen LogP contribution is -2.88. The normalized spacial score (nSPS) is 17.3. The molecule has 3 heterocycles. The van der Waals surface area contributed by atoms with Crippen molar-refractivity contribution in [3.05, 3.63) is 47.5 Å². The van der Waals surface area contributed by atoms with Crippen LogP contribution < -0.4 is 16.4 Å². The predicted molar refractivity (Wildman–Crippen MR) is 100 cm³/mol. The Morgan fingerprint density at radius 3 is 2.85 bits per heavy atom. The van der Waals surface area contributed by atoms with Crippen molar-refractivity contribution in [2.24, 2.45) is 5.73 Å². The van der Waals surface area contributed by atoms with Gasteiger partial charge < -0.3 is 16.4 Å². The molecule has 0 aliphatic carbocycles. The van der Waals surface area contributed by atoms with Gasteiger partial charge in [-0.1, -0.05) is 23.7 Å². The van der Waals surface area contributed by atoms with Gasteiger partial charge in [0.15, 0.2) is 5.65 Å². The van der Waals surface area contributed by atoms with E-state index in [1.165, 1.54) is 6.42 Å². The molecule has 0 bridgehead atoms. The number of halogens is 1. The number of imidazole rings is 1. The first-order valence-corrected chi connectivity index (χ1v) is 9.01. The number of hydrogen-bond acceptors (Lipinski definition) is 4. The molecule has 134 valence electrons. The minimum absolute atomic E-state index is 0.161. The zero-order chi connectivity index (χ0) is 18.1. The molecule has 0 unspecified atom stereocenters. The SMILES string of the molecule is NC(=O)c1ncc(N[C@H]2CCC[NH2+]C2)c2nc(-c3ccc(Cl)cc3)cn12. The highest BCUT2D eigenvalue weighted by Crippen LogP contribution is 2.25. The van der Waals surface area contributed by atoms with Crippen LogP contribution in [-0.2, 0) is 0 Å². The maximum Gasteiger partial charge on any atom is 0.285 e. The van der Waals surface area contributed by atoms with Gasteiger partial charge in [-0.25, -0.2) is 9.97 Å². The molecule has 0 spiro atoms. The Hall–Kier alpha value is -2.64. The number of carbonyl (C=O) groups is 1. The lowest BCUT2D eigenvalue weighted by molar-refractivity contribution is -0.663. The maximum absolute atomic E-state index is 11.8. The molecule has 0 radical (unpaired) electrons. The van der Waals surface area contributed by atoms with Gasteiger partial charge in [0.1, 0.15) is 0 Å². The van der Waals surface area contributed by atoms with E-state index in [1.807, 2.05) is 24.3 Å². The van der Waals surface area contributed by atoms with Crippen molar-refractivity contribution in [3.8, 4) is 11.3 Å². The second-order valence-corrected chi connectivity index (χ2v) is 6.92. The van der Waals surface area contributed by atoms with E-state index >= 15 is 0 Å². The zero-order valence-electron chi connectivity index (χ0n) is 14.2. The number of piperidine rings is 1. The lowest BCUT2D eigenvalue weighted by Gasteiger charge is -2.22. The van der Waals surface area contributed by atoms with E-state index in [-0.39, 0.29) is 5.82 Å². The average Bonchev–Trinajstić information content (AvgIpc) is 3.09. The second-order valence-electron chi connectivity index (χ2n) is 6.48. The number of benzene rings is 1. The number of quaternary nitrogens is 1. The summed E-state index contributed by atoms with van der Waals surface area (Å²) in [5.41, 5.74) is 8.57. The third-order valence-corrected chi connectivity index (χ3v) is 4.87. The summed E-state index contributed by atoms with van der Waals surface area (Å²) in [7, 11) is 0. The number of fused-ring (bicyclic) bond motifs is 1. The third-order valence-electron chi connectivity index (χ3n) is 4.62. The molecule has 1 aromatic carbocycles. The van der Waals surface area contributed by atoms with E-state index in [1.54, 1.807) is 16.8 Å². The number of nitrogens with one attached hydrogen (secondary N) is 1. The van der Waals surface area contributed by atoms with Crippen molar-refractivity contribution >= 4 is 28.8 Å². The fourth-order valence-corrected chi connectivity index (χ4v) is 3.44. The van der Waals surface area contributed by atoms with Crippen LogP contribution in [0.3, 0.4) is 0 Å². The molecular formula is C18H20ClN6O+. The van der Waals surface area contributed by atoms with Crippen molar-refractivity contribution in [1.82, 2.24) is 14.4 Å². The molecule has 1 atom stereocenters. The van der Waals surface area contributed by atoms with E-state index in [4.69, 9.17) is 22.3 Å². The van der Waals surface area contributed by atoms with Crippen molar-refractivity contribution in [2.45, 2.75) is 18.9 Å². The van der Waals surface area contributed by atoms with Crippen LogP contribution in [0, 0.1) is 0 Å². The number of anilines is 1. The fraction of sp³-hybridized carbons (Fsp3) is 0.278. The van der Waals surface area contributed by atoms with Gasteiger partial charge in [0.05, 0.1) is 36.7 Å². The maximum atomic E-state index is 11.8. The van der Waals surface area contributed by atoms with Crippen LogP contribution in [0.4, 0.5) is 5.69 Å². The van der Waals surface area contributed by atoms with E-state index in [0.717, 1.165) is 36.5 Å². The Balaban J connectivity index is 1.78. The lowest BCUT2D eigenvalue weighted by atomic mass is 10.1. The molecule has 5 N–H and O–H groups in total. The Labute approximate surface area is 155 Å². The highest BCUT2D eigenvalue weighted by Gasteiger charge is 2.20. The van der Waals surface area contributed by atoms with Gasteiger partial charge in [-0.15, -0.1) is 0 Å². The second kappa shape index (κ2) is 6.93. The molecule has 0 saturated carbocycles. The highest BCUT2D eigenvalue weighted by atomic mass is 35.5. The number of primary amides is 1.